The van der Waals surface area contributed by atoms with Gasteiger partial charge in [-0.1, -0.05) is 0 Å². The molecule has 37 heavy (non-hydrogen) atoms. The minimum Gasteiger partial charge on any atom is -0.474 e. The molecule has 2 aromatic heterocycles. The van der Waals surface area contributed by atoms with E-state index in [4.69, 9.17) is 15.5 Å². The number of likely N-dealkylation sites (tertiary alicyclic amines) is 1. The fourth-order valence-corrected chi connectivity index (χ4v) is 6.22. The van der Waals surface area contributed by atoms with Crippen molar-refractivity contribution in [3.63, 3.8) is 0 Å². The molecule has 2 aliphatic rings. The third-order valence-electron chi connectivity index (χ3n) is 7.38. The standard InChI is InChI=1S/C29H29FN4O2S/c1-15-9-18(10-24-26(15)32-16(2)37-24)28(35)34-13-21-22(14-34)27(21)36-25-12-19(29(3,4)31)11-23(33-25)17-5-7-20(30)8-6-17/h5-12,21-22,27H,13-14,31H2,1-4H3/t21-,22+,27?. The zero-order chi connectivity index (χ0) is 26.1. The molecule has 2 N–H and O–H groups in total. The number of benzene rings is 2. The van der Waals surface area contributed by atoms with Crippen molar-refractivity contribution in [1.29, 1.82) is 0 Å². The molecule has 1 aliphatic heterocycles. The molecular formula is C29H29FN4O2S. The molecule has 1 saturated carbocycles. The van der Waals surface area contributed by atoms with Gasteiger partial charge in [-0.25, -0.2) is 14.4 Å². The first-order valence-electron chi connectivity index (χ1n) is 12.5. The van der Waals surface area contributed by atoms with Gasteiger partial charge in [0.05, 0.1) is 20.9 Å². The van der Waals surface area contributed by atoms with Crippen LogP contribution >= 0.6 is 11.3 Å². The SMILES string of the molecule is Cc1nc2c(C)cc(C(=O)N3C[C@@H]4C(Oc5cc(C(C)(C)N)cc(-c6ccc(F)cc6)n5)[C@@H]4C3)cc2s1. The van der Waals surface area contributed by atoms with Crippen molar-refractivity contribution in [2.24, 2.45) is 17.6 Å². The molecule has 3 atom stereocenters. The molecule has 6 nitrogen and oxygen atoms in total. The predicted molar refractivity (Wildman–Crippen MR) is 143 cm³/mol. The Balaban J connectivity index is 1.18. The Kier molecular flexibility index (Phi) is 5.58. The van der Waals surface area contributed by atoms with Crippen molar-refractivity contribution in [1.82, 2.24) is 14.9 Å². The first-order chi connectivity index (χ1) is 17.6. The third-order valence-corrected chi connectivity index (χ3v) is 8.30. The molecule has 8 heteroatoms. The van der Waals surface area contributed by atoms with E-state index in [1.54, 1.807) is 23.5 Å². The van der Waals surface area contributed by atoms with Crippen LogP contribution in [0.2, 0.25) is 0 Å². The number of rotatable bonds is 5. The number of pyridine rings is 1. The van der Waals surface area contributed by atoms with Crippen molar-refractivity contribution < 1.29 is 13.9 Å². The number of aromatic nitrogens is 2. The Morgan fingerprint density at radius 1 is 1.08 bits per heavy atom. The summed E-state index contributed by atoms with van der Waals surface area (Å²) < 4.78 is 20.8. The molecule has 3 heterocycles. The van der Waals surface area contributed by atoms with Crippen LogP contribution in [0.1, 0.15) is 40.3 Å². The summed E-state index contributed by atoms with van der Waals surface area (Å²) in [6.45, 7) is 9.19. The van der Waals surface area contributed by atoms with Crippen LogP contribution in [0.5, 0.6) is 5.88 Å². The van der Waals surface area contributed by atoms with E-state index in [9.17, 15) is 9.18 Å². The van der Waals surface area contributed by atoms with Crippen LogP contribution in [0.15, 0.2) is 48.5 Å². The van der Waals surface area contributed by atoms with E-state index in [-0.39, 0.29) is 29.7 Å². The van der Waals surface area contributed by atoms with Crippen LogP contribution in [0.4, 0.5) is 4.39 Å². The number of carbonyl (C=O) groups excluding carboxylic acids is 1. The van der Waals surface area contributed by atoms with Crippen molar-refractivity contribution in [2.45, 2.75) is 39.3 Å². The highest BCUT2D eigenvalue weighted by molar-refractivity contribution is 7.18. The molecule has 190 valence electrons. The van der Waals surface area contributed by atoms with Gasteiger partial charge in [0.1, 0.15) is 11.9 Å². The van der Waals surface area contributed by atoms with Crippen LogP contribution in [0, 0.1) is 31.5 Å². The maximum atomic E-state index is 13.5. The second-order valence-corrected chi connectivity index (χ2v) is 12.0. The van der Waals surface area contributed by atoms with E-state index in [1.807, 2.05) is 56.9 Å². The maximum Gasteiger partial charge on any atom is 0.253 e. The van der Waals surface area contributed by atoms with Crippen LogP contribution in [-0.2, 0) is 5.54 Å². The van der Waals surface area contributed by atoms with Gasteiger partial charge < -0.3 is 15.4 Å². The number of hydrogen-bond acceptors (Lipinski definition) is 6. The van der Waals surface area contributed by atoms with Gasteiger partial charge in [-0.15, -0.1) is 11.3 Å². The molecule has 1 unspecified atom stereocenters. The number of nitrogens with zero attached hydrogens (tertiary/aromatic N) is 3. The highest BCUT2D eigenvalue weighted by Gasteiger charge is 2.59. The largest absolute Gasteiger partial charge is 0.474 e. The average Bonchev–Trinajstić information content (AvgIpc) is 3.17. The van der Waals surface area contributed by atoms with E-state index < -0.39 is 5.54 Å². The zero-order valence-electron chi connectivity index (χ0n) is 21.3. The van der Waals surface area contributed by atoms with Crippen molar-refractivity contribution in [3.05, 3.63) is 76.0 Å². The topological polar surface area (TPSA) is 81.3 Å². The number of hydrogen-bond donors (Lipinski definition) is 1. The Morgan fingerprint density at radius 2 is 1.78 bits per heavy atom. The summed E-state index contributed by atoms with van der Waals surface area (Å²) in [6.07, 6.45) is 0.0158. The third kappa shape index (κ3) is 4.49. The summed E-state index contributed by atoms with van der Waals surface area (Å²) in [6, 6.07) is 14.0. The van der Waals surface area contributed by atoms with E-state index in [0.717, 1.165) is 37.5 Å². The number of thiazole rings is 1. The number of aryl methyl sites for hydroxylation is 2. The van der Waals surface area contributed by atoms with Gasteiger partial charge in [-0.05, 0) is 81.3 Å². The molecule has 6 rings (SSSR count). The second kappa shape index (κ2) is 8.60. The van der Waals surface area contributed by atoms with E-state index >= 15 is 0 Å². The van der Waals surface area contributed by atoms with Gasteiger partial charge in [-0.2, -0.15) is 0 Å². The number of ether oxygens (including phenoxy) is 1. The molecule has 0 spiro atoms. The summed E-state index contributed by atoms with van der Waals surface area (Å²) in [7, 11) is 0. The van der Waals surface area contributed by atoms with Gasteiger partial charge >= 0.3 is 0 Å². The number of halogens is 1. The second-order valence-electron chi connectivity index (χ2n) is 10.8. The van der Waals surface area contributed by atoms with Crippen molar-refractivity contribution >= 4 is 27.5 Å². The molecule has 4 aromatic rings. The lowest BCUT2D eigenvalue weighted by atomic mass is 9.95. The first-order valence-corrected chi connectivity index (χ1v) is 13.3. The Hall–Kier alpha value is -3.36. The Bertz CT molecular complexity index is 1510. The molecule has 1 aliphatic carbocycles. The quantitative estimate of drug-likeness (QED) is 0.381. The predicted octanol–water partition coefficient (Wildman–Crippen LogP) is 5.46. The van der Waals surface area contributed by atoms with E-state index in [0.29, 0.717) is 24.7 Å². The lowest BCUT2D eigenvalue weighted by molar-refractivity contribution is 0.0751. The fraction of sp³-hybridized carbons (Fsp3) is 0.345. The van der Waals surface area contributed by atoms with E-state index in [1.165, 1.54) is 12.1 Å². The molecule has 0 radical (unpaired) electrons. The van der Waals surface area contributed by atoms with Crippen molar-refractivity contribution in [3.8, 4) is 17.1 Å². The number of nitrogens with two attached hydrogens (primary N) is 1. The Morgan fingerprint density at radius 3 is 2.46 bits per heavy atom. The molecule has 2 fully saturated rings. The van der Waals surface area contributed by atoms with E-state index in [2.05, 4.69) is 4.98 Å². The van der Waals surface area contributed by atoms with Crippen LogP contribution < -0.4 is 10.5 Å². The monoisotopic (exact) mass is 516 g/mol. The van der Waals surface area contributed by atoms with Gasteiger partial charge in [0.2, 0.25) is 5.88 Å². The molecule has 0 bridgehead atoms. The molecule has 1 saturated heterocycles. The summed E-state index contributed by atoms with van der Waals surface area (Å²) in [4.78, 5) is 24.5. The van der Waals surface area contributed by atoms with Gasteiger partial charge in [0, 0.05) is 47.7 Å². The fourth-order valence-electron chi connectivity index (χ4n) is 5.27. The summed E-state index contributed by atoms with van der Waals surface area (Å²) in [5, 5.41) is 1.00. The number of piperidine rings is 1. The Labute approximate surface area is 219 Å². The lowest BCUT2D eigenvalue weighted by Gasteiger charge is -2.22. The number of amides is 1. The minimum absolute atomic E-state index is 0.0158. The van der Waals surface area contributed by atoms with Gasteiger partial charge in [-0.3, -0.25) is 4.79 Å². The lowest BCUT2D eigenvalue weighted by Crippen LogP contribution is -2.33. The summed E-state index contributed by atoms with van der Waals surface area (Å²) in [5.74, 6) is 0.840. The molecule has 2 aromatic carbocycles. The average molecular weight is 517 g/mol. The minimum atomic E-state index is -0.589. The van der Waals surface area contributed by atoms with Crippen molar-refractivity contribution in [2.75, 3.05) is 13.1 Å². The maximum absolute atomic E-state index is 13.5. The van der Waals surface area contributed by atoms with Gasteiger partial charge in [0.25, 0.3) is 5.91 Å². The van der Waals surface area contributed by atoms with Crippen LogP contribution in [0.25, 0.3) is 21.5 Å². The summed E-state index contributed by atoms with van der Waals surface area (Å²) >= 11 is 1.62. The smallest absolute Gasteiger partial charge is 0.253 e. The molecule has 1 amide bonds. The van der Waals surface area contributed by atoms with Crippen LogP contribution in [0.3, 0.4) is 0 Å². The first kappa shape index (κ1) is 24.0. The number of fused-ring (bicyclic) bond motifs is 2. The summed E-state index contributed by atoms with van der Waals surface area (Å²) in [5.41, 5.74) is 10.9. The highest BCUT2D eigenvalue weighted by Crippen LogP contribution is 2.48. The van der Waals surface area contributed by atoms with Gasteiger partial charge in [0.15, 0.2) is 0 Å². The number of carbonyl (C=O) groups is 1. The zero-order valence-corrected chi connectivity index (χ0v) is 22.1. The highest BCUT2D eigenvalue weighted by atomic mass is 32.1. The van der Waals surface area contributed by atoms with Crippen LogP contribution in [-0.4, -0.2) is 40.0 Å². The normalized spacial score (nSPS) is 20.8. The molecular weight excluding hydrogens is 487 g/mol.